The minimum Gasteiger partial charge on any atom is -0.443 e. The highest BCUT2D eigenvalue weighted by molar-refractivity contribution is 5.85. The summed E-state index contributed by atoms with van der Waals surface area (Å²) in [5.74, 6) is -0.462. The first-order valence-corrected chi connectivity index (χ1v) is 7.39. The number of carbonyl (C=O) groups excluding carboxylic acids is 2. The average Bonchev–Trinajstić information content (AvgIpc) is 2.61. The summed E-state index contributed by atoms with van der Waals surface area (Å²) >= 11 is 0. The quantitative estimate of drug-likeness (QED) is 0.753. The second-order valence-electron chi connectivity index (χ2n) is 4.95. The first kappa shape index (κ1) is 17.4. The molecular formula is C17H19N3O4. The van der Waals surface area contributed by atoms with Crippen LogP contribution in [0.4, 0.5) is 4.79 Å². The van der Waals surface area contributed by atoms with Crippen molar-refractivity contribution in [2.45, 2.75) is 19.1 Å². The molecule has 0 aliphatic heterocycles. The molecule has 2 aromatic rings. The summed E-state index contributed by atoms with van der Waals surface area (Å²) in [6.45, 7) is 0.0244. The number of pyridine rings is 1. The van der Waals surface area contributed by atoms with Gasteiger partial charge < -0.3 is 10.1 Å². The standard InChI is InChI=1S/C17H19N3O4/c1-23-20-16(21)15(11-13-7-3-2-4-8-13)19-17(22)24-12-14-9-5-6-10-18-14/h2-10,15H,11-12H2,1H3,(H,19,22)(H,20,21). The van der Waals surface area contributed by atoms with Crippen LogP contribution in [0.15, 0.2) is 54.7 Å². The summed E-state index contributed by atoms with van der Waals surface area (Å²) in [7, 11) is 1.33. The Morgan fingerprint density at radius 2 is 1.88 bits per heavy atom. The highest BCUT2D eigenvalue weighted by Gasteiger charge is 2.22. The third-order valence-corrected chi connectivity index (χ3v) is 3.17. The van der Waals surface area contributed by atoms with Crippen LogP contribution in [0.3, 0.4) is 0 Å². The fraction of sp³-hybridized carbons (Fsp3) is 0.235. The molecule has 2 rings (SSSR count). The fourth-order valence-electron chi connectivity index (χ4n) is 2.04. The van der Waals surface area contributed by atoms with Crippen LogP contribution in [0.1, 0.15) is 11.3 Å². The number of ether oxygens (including phenoxy) is 1. The van der Waals surface area contributed by atoms with E-state index in [0.29, 0.717) is 12.1 Å². The Morgan fingerprint density at radius 3 is 2.54 bits per heavy atom. The fourth-order valence-corrected chi connectivity index (χ4v) is 2.04. The molecule has 0 spiro atoms. The Balaban J connectivity index is 1.93. The van der Waals surface area contributed by atoms with Crippen LogP contribution >= 0.6 is 0 Å². The third kappa shape index (κ3) is 5.69. The highest BCUT2D eigenvalue weighted by atomic mass is 16.6. The van der Waals surface area contributed by atoms with E-state index in [1.807, 2.05) is 30.3 Å². The van der Waals surface area contributed by atoms with Crippen LogP contribution in [0.2, 0.25) is 0 Å². The van der Waals surface area contributed by atoms with Crippen molar-refractivity contribution in [2.75, 3.05) is 7.11 Å². The molecule has 0 radical (unpaired) electrons. The third-order valence-electron chi connectivity index (χ3n) is 3.17. The molecule has 7 heteroatoms. The first-order chi connectivity index (χ1) is 11.7. The maximum Gasteiger partial charge on any atom is 0.408 e. The number of carbonyl (C=O) groups is 2. The van der Waals surface area contributed by atoms with Crippen molar-refractivity contribution in [1.82, 2.24) is 15.8 Å². The molecule has 24 heavy (non-hydrogen) atoms. The number of hydroxylamine groups is 1. The lowest BCUT2D eigenvalue weighted by Gasteiger charge is -2.17. The van der Waals surface area contributed by atoms with Gasteiger partial charge in [0.25, 0.3) is 5.91 Å². The smallest absolute Gasteiger partial charge is 0.408 e. The molecule has 2 N–H and O–H groups in total. The summed E-state index contributed by atoms with van der Waals surface area (Å²) in [6.07, 6.45) is 1.23. The SMILES string of the molecule is CONC(=O)C(Cc1ccccc1)NC(=O)OCc1ccccn1. The van der Waals surface area contributed by atoms with Gasteiger partial charge in [-0.1, -0.05) is 36.4 Å². The molecule has 1 heterocycles. The number of hydrogen-bond donors (Lipinski definition) is 2. The van der Waals surface area contributed by atoms with Crippen molar-refractivity contribution in [3.63, 3.8) is 0 Å². The van der Waals surface area contributed by atoms with Gasteiger partial charge in [0.2, 0.25) is 0 Å². The molecule has 7 nitrogen and oxygen atoms in total. The second-order valence-corrected chi connectivity index (χ2v) is 4.95. The van der Waals surface area contributed by atoms with Gasteiger partial charge in [0.1, 0.15) is 12.6 Å². The highest BCUT2D eigenvalue weighted by Crippen LogP contribution is 2.04. The Kier molecular flexibility index (Phi) is 6.73. The molecule has 1 aromatic heterocycles. The first-order valence-electron chi connectivity index (χ1n) is 7.39. The molecule has 0 saturated heterocycles. The van der Waals surface area contributed by atoms with Crippen LogP contribution in [-0.2, 0) is 27.4 Å². The topological polar surface area (TPSA) is 89.6 Å². The van der Waals surface area contributed by atoms with Crippen LogP contribution in [-0.4, -0.2) is 30.1 Å². The van der Waals surface area contributed by atoms with Gasteiger partial charge in [-0.05, 0) is 17.7 Å². The zero-order chi connectivity index (χ0) is 17.2. The van der Waals surface area contributed by atoms with E-state index in [9.17, 15) is 9.59 Å². The van der Waals surface area contributed by atoms with Gasteiger partial charge in [-0.25, -0.2) is 10.3 Å². The minimum atomic E-state index is -0.816. The normalized spacial score (nSPS) is 11.4. The van der Waals surface area contributed by atoms with Crippen molar-refractivity contribution in [3.8, 4) is 0 Å². The summed E-state index contributed by atoms with van der Waals surface area (Å²) in [4.78, 5) is 32.7. The number of hydrogen-bond acceptors (Lipinski definition) is 5. The van der Waals surface area contributed by atoms with Crippen molar-refractivity contribution in [3.05, 3.63) is 66.0 Å². The van der Waals surface area contributed by atoms with Gasteiger partial charge in [-0.2, -0.15) is 0 Å². The number of nitrogens with one attached hydrogen (secondary N) is 2. The van der Waals surface area contributed by atoms with Crippen LogP contribution in [0.5, 0.6) is 0 Å². The van der Waals surface area contributed by atoms with Crippen LogP contribution < -0.4 is 10.8 Å². The monoisotopic (exact) mass is 329 g/mol. The molecule has 0 fully saturated rings. The molecule has 126 valence electrons. The summed E-state index contributed by atoms with van der Waals surface area (Å²) in [6, 6.07) is 13.8. The summed E-state index contributed by atoms with van der Waals surface area (Å²) in [5, 5.41) is 2.54. The van der Waals surface area contributed by atoms with Gasteiger partial charge in [-0.15, -0.1) is 0 Å². The Morgan fingerprint density at radius 1 is 1.12 bits per heavy atom. The van der Waals surface area contributed by atoms with E-state index < -0.39 is 18.0 Å². The van der Waals surface area contributed by atoms with E-state index >= 15 is 0 Å². The average molecular weight is 329 g/mol. The number of nitrogens with zero attached hydrogens (tertiary/aromatic N) is 1. The van der Waals surface area contributed by atoms with E-state index in [2.05, 4.69) is 20.6 Å². The maximum absolute atomic E-state index is 12.0. The lowest BCUT2D eigenvalue weighted by atomic mass is 10.1. The summed E-state index contributed by atoms with van der Waals surface area (Å²) < 4.78 is 5.09. The molecule has 0 bridgehead atoms. The minimum absolute atomic E-state index is 0.0244. The molecule has 2 amide bonds. The van der Waals surface area contributed by atoms with Gasteiger partial charge in [0.05, 0.1) is 12.8 Å². The molecule has 1 aromatic carbocycles. The van der Waals surface area contributed by atoms with E-state index in [1.165, 1.54) is 7.11 Å². The van der Waals surface area contributed by atoms with Crippen LogP contribution in [0, 0.1) is 0 Å². The predicted octanol–water partition coefficient (Wildman–Crippen LogP) is 1.60. The number of rotatable bonds is 7. The molecule has 0 aliphatic carbocycles. The number of amides is 2. The van der Waals surface area contributed by atoms with Crippen molar-refractivity contribution >= 4 is 12.0 Å². The lowest BCUT2D eigenvalue weighted by Crippen LogP contribution is -2.47. The lowest BCUT2D eigenvalue weighted by molar-refractivity contribution is -0.133. The van der Waals surface area contributed by atoms with Crippen LogP contribution in [0.25, 0.3) is 0 Å². The number of benzene rings is 1. The van der Waals surface area contributed by atoms with Crippen molar-refractivity contribution < 1.29 is 19.2 Å². The van der Waals surface area contributed by atoms with Crippen molar-refractivity contribution in [1.29, 1.82) is 0 Å². The molecule has 1 unspecified atom stereocenters. The zero-order valence-corrected chi connectivity index (χ0v) is 13.3. The largest absolute Gasteiger partial charge is 0.443 e. The van der Waals surface area contributed by atoms with Gasteiger partial charge in [-0.3, -0.25) is 14.6 Å². The van der Waals surface area contributed by atoms with E-state index in [-0.39, 0.29) is 6.61 Å². The number of alkyl carbamates (subject to hydrolysis) is 1. The van der Waals surface area contributed by atoms with E-state index in [1.54, 1.807) is 24.4 Å². The Bertz CT molecular complexity index is 649. The summed E-state index contributed by atoms with van der Waals surface area (Å²) in [5.41, 5.74) is 3.74. The Labute approximate surface area is 140 Å². The van der Waals surface area contributed by atoms with Crippen molar-refractivity contribution in [2.24, 2.45) is 0 Å². The molecular weight excluding hydrogens is 310 g/mol. The Hall–Kier alpha value is -2.93. The maximum atomic E-state index is 12.0. The molecule has 1 atom stereocenters. The predicted molar refractivity (Wildman–Crippen MR) is 86.6 cm³/mol. The van der Waals surface area contributed by atoms with Gasteiger partial charge in [0.15, 0.2) is 0 Å². The van der Waals surface area contributed by atoms with E-state index in [4.69, 9.17) is 4.74 Å². The van der Waals surface area contributed by atoms with Gasteiger partial charge >= 0.3 is 6.09 Å². The van der Waals surface area contributed by atoms with Gasteiger partial charge in [0, 0.05) is 12.6 Å². The zero-order valence-electron chi connectivity index (χ0n) is 13.3. The molecule has 0 saturated carbocycles. The molecule has 0 aliphatic rings. The number of aromatic nitrogens is 1. The van der Waals surface area contributed by atoms with E-state index in [0.717, 1.165) is 5.56 Å². The second kappa shape index (κ2) is 9.26.